The summed E-state index contributed by atoms with van der Waals surface area (Å²) in [5.74, 6) is 11.6. The first kappa shape index (κ1) is 21.8. The van der Waals surface area contributed by atoms with E-state index in [0.29, 0.717) is 22.7 Å². The maximum absolute atomic E-state index is 6.30. The van der Waals surface area contributed by atoms with Crippen LogP contribution in [-0.2, 0) is 0 Å². The Morgan fingerprint density at radius 2 is 1.16 bits per heavy atom. The average Bonchev–Trinajstić information content (AvgIpc) is 2.80. The number of benzene rings is 1. The fraction of sp³-hybridized carbons (Fsp3) is 0.667. The van der Waals surface area contributed by atoms with Gasteiger partial charge in [0.05, 0.1) is 24.3 Å². The van der Waals surface area contributed by atoms with E-state index in [1.807, 2.05) is 12.1 Å². The van der Waals surface area contributed by atoms with Gasteiger partial charge in [-0.2, -0.15) is 0 Å². The lowest BCUT2D eigenvalue weighted by atomic mass is 9.46. The van der Waals surface area contributed by atoms with Crippen molar-refractivity contribution < 1.29 is 9.47 Å². The number of fused-ring (bicyclic) bond motifs is 4. The molecule has 0 N–H and O–H groups in total. The Bertz CT molecular complexity index is 888. The van der Waals surface area contributed by atoms with Gasteiger partial charge in [-0.05, 0) is 84.9 Å². The zero-order valence-corrected chi connectivity index (χ0v) is 20.2. The van der Waals surface area contributed by atoms with Gasteiger partial charge < -0.3 is 9.47 Å². The summed E-state index contributed by atoms with van der Waals surface area (Å²) in [6.07, 6.45) is 19.6. The summed E-state index contributed by atoms with van der Waals surface area (Å²) >= 11 is 0. The van der Waals surface area contributed by atoms with Crippen LogP contribution in [-0.4, -0.2) is 13.2 Å². The Balaban J connectivity index is 1.26. The average molecular weight is 431 g/mol. The van der Waals surface area contributed by atoms with Crippen molar-refractivity contribution in [2.75, 3.05) is 13.2 Å². The molecule has 0 amide bonds. The summed E-state index contributed by atoms with van der Waals surface area (Å²) in [5.41, 5.74) is 2.40. The summed E-state index contributed by atoms with van der Waals surface area (Å²) in [7, 11) is 0. The maximum atomic E-state index is 6.30. The second kappa shape index (κ2) is 7.76. The van der Waals surface area contributed by atoms with Crippen molar-refractivity contribution >= 4 is 0 Å². The van der Waals surface area contributed by atoms with Crippen LogP contribution in [0.4, 0.5) is 0 Å². The van der Waals surface area contributed by atoms with Crippen molar-refractivity contribution in [1.82, 2.24) is 0 Å². The summed E-state index contributed by atoms with van der Waals surface area (Å²) in [5, 5.41) is 0. The van der Waals surface area contributed by atoms with Crippen LogP contribution < -0.4 is 9.47 Å². The van der Waals surface area contributed by atoms with Crippen LogP contribution in [0.2, 0.25) is 0 Å². The molecule has 1 aromatic carbocycles. The topological polar surface area (TPSA) is 18.5 Å². The first-order chi connectivity index (χ1) is 15.3. The van der Waals surface area contributed by atoms with Gasteiger partial charge in [-0.1, -0.05) is 39.5 Å². The first-order valence-electron chi connectivity index (χ1n) is 12.6. The monoisotopic (exact) mass is 430 g/mol. The molecule has 0 saturated heterocycles. The van der Waals surface area contributed by atoms with Crippen molar-refractivity contribution in [2.45, 2.75) is 66.2 Å². The molecule has 6 fully saturated rings. The Kier molecular flexibility index (Phi) is 5.28. The molecule has 6 aliphatic rings. The third-order valence-corrected chi connectivity index (χ3v) is 10.3. The molecular weight excluding hydrogens is 392 g/mol. The number of ether oxygens (including phenoxy) is 2. The molecule has 4 bridgehead atoms. The van der Waals surface area contributed by atoms with Crippen LogP contribution >= 0.6 is 0 Å². The van der Waals surface area contributed by atoms with Gasteiger partial charge in [-0.3, -0.25) is 0 Å². The van der Waals surface area contributed by atoms with Crippen LogP contribution in [0.5, 0.6) is 11.5 Å². The second-order valence-corrected chi connectivity index (χ2v) is 12.2. The third-order valence-electron chi connectivity index (χ3n) is 10.3. The summed E-state index contributed by atoms with van der Waals surface area (Å²) < 4.78 is 12.6. The maximum Gasteiger partial charge on any atom is 0.136 e. The van der Waals surface area contributed by atoms with Crippen molar-refractivity contribution in [1.29, 1.82) is 0 Å². The van der Waals surface area contributed by atoms with Gasteiger partial charge in [0.1, 0.15) is 11.5 Å². The number of terminal acetylenes is 2. The van der Waals surface area contributed by atoms with Crippen LogP contribution in [0.15, 0.2) is 12.1 Å². The molecule has 2 nitrogen and oxygen atoms in total. The fourth-order valence-corrected chi connectivity index (χ4v) is 7.74. The van der Waals surface area contributed by atoms with Gasteiger partial charge in [0.2, 0.25) is 0 Å². The number of hydrogen-bond acceptors (Lipinski definition) is 2. The van der Waals surface area contributed by atoms with Gasteiger partial charge in [0.15, 0.2) is 0 Å². The molecule has 170 valence electrons. The molecule has 6 atom stereocenters. The van der Waals surface area contributed by atoms with Gasteiger partial charge in [-0.15, -0.1) is 12.8 Å². The zero-order chi connectivity index (χ0) is 22.7. The van der Waals surface area contributed by atoms with E-state index in [-0.39, 0.29) is 0 Å². The quantitative estimate of drug-likeness (QED) is 0.476. The second-order valence-electron chi connectivity index (χ2n) is 12.2. The summed E-state index contributed by atoms with van der Waals surface area (Å²) in [6, 6.07) is 3.85. The highest BCUT2D eigenvalue weighted by molar-refractivity contribution is 5.57. The van der Waals surface area contributed by atoms with E-state index in [0.717, 1.165) is 59.5 Å². The van der Waals surface area contributed by atoms with E-state index in [1.165, 1.54) is 38.5 Å². The Morgan fingerprint density at radius 1 is 0.750 bits per heavy atom. The van der Waals surface area contributed by atoms with Crippen molar-refractivity contribution in [3.63, 3.8) is 0 Å². The van der Waals surface area contributed by atoms with Crippen molar-refractivity contribution in [3.05, 3.63) is 23.3 Å². The highest BCUT2D eigenvalue weighted by atomic mass is 16.5. The SMILES string of the molecule is C#Cc1cc(OCC2CCC3CC2C3(C)C)c(C#C)cc1OCC1CCC2CC1C2(C)C. The molecule has 7 rings (SSSR count). The van der Waals surface area contributed by atoms with E-state index < -0.39 is 0 Å². The van der Waals surface area contributed by atoms with E-state index in [2.05, 4.69) is 39.5 Å². The standard InChI is InChI=1S/C30H38O2/c1-7-19-13-28(32-18-22-10-12-24-16-26(22)30(24,5)6)20(8-2)14-27(19)31-17-21-9-11-23-15-25(21)29(23,3)4/h1-2,13-14,21-26H,9-12,15-18H2,3-6H3. The van der Waals surface area contributed by atoms with Crippen LogP contribution in [0.3, 0.4) is 0 Å². The Labute approximate surface area is 194 Å². The zero-order valence-electron chi connectivity index (χ0n) is 20.2. The number of hydrogen-bond donors (Lipinski definition) is 0. The summed E-state index contributed by atoms with van der Waals surface area (Å²) in [4.78, 5) is 0. The molecule has 2 heteroatoms. The minimum atomic E-state index is 0.455. The highest BCUT2D eigenvalue weighted by Gasteiger charge is 2.55. The lowest BCUT2D eigenvalue weighted by Gasteiger charge is -2.60. The largest absolute Gasteiger partial charge is 0.492 e. The minimum Gasteiger partial charge on any atom is -0.492 e. The highest BCUT2D eigenvalue weighted by Crippen LogP contribution is 2.62. The van der Waals surface area contributed by atoms with Gasteiger partial charge >= 0.3 is 0 Å². The molecule has 6 aliphatic carbocycles. The molecular formula is C30H38O2. The molecule has 1 aromatic rings. The predicted octanol–water partition coefficient (Wildman–Crippen LogP) is 6.55. The molecule has 32 heavy (non-hydrogen) atoms. The molecule has 6 saturated carbocycles. The molecule has 0 spiro atoms. The first-order valence-corrected chi connectivity index (χ1v) is 12.6. The molecule has 0 radical (unpaired) electrons. The number of rotatable bonds is 6. The van der Waals surface area contributed by atoms with Crippen LogP contribution in [0.1, 0.15) is 77.3 Å². The lowest BCUT2D eigenvalue weighted by Crippen LogP contribution is -2.53. The van der Waals surface area contributed by atoms with Crippen molar-refractivity contribution in [3.8, 4) is 36.2 Å². The van der Waals surface area contributed by atoms with Gasteiger partial charge in [-0.25, -0.2) is 0 Å². The van der Waals surface area contributed by atoms with E-state index in [4.69, 9.17) is 22.3 Å². The molecule has 6 unspecified atom stereocenters. The Morgan fingerprint density at radius 3 is 1.47 bits per heavy atom. The molecule has 0 aromatic heterocycles. The molecule has 0 heterocycles. The van der Waals surface area contributed by atoms with E-state index in [1.54, 1.807) is 0 Å². The van der Waals surface area contributed by atoms with Gasteiger partial charge in [0.25, 0.3) is 0 Å². The van der Waals surface area contributed by atoms with E-state index in [9.17, 15) is 0 Å². The van der Waals surface area contributed by atoms with Crippen molar-refractivity contribution in [2.24, 2.45) is 46.3 Å². The third kappa shape index (κ3) is 3.34. The predicted molar refractivity (Wildman–Crippen MR) is 130 cm³/mol. The van der Waals surface area contributed by atoms with E-state index >= 15 is 0 Å². The van der Waals surface area contributed by atoms with Crippen LogP contribution in [0, 0.1) is 71.0 Å². The lowest BCUT2D eigenvalue weighted by molar-refractivity contribution is -0.114. The smallest absolute Gasteiger partial charge is 0.136 e. The summed E-state index contributed by atoms with van der Waals surface area (Å²) in [6.45, 7) is 11.1. The molecule has 0 aliphatic heterocycles. The van der Waals surface area contributed by atoms with Gasteiger partial charge in [0, 0.05) is 12.1 Å². The normalized spacial score (nSPS) is 35.4. The minimum absolute atomic E-state index is 0.455. The fourth-order valence-electron chi connectivity index (χ4n) is 7.74. The van der Waals surface area contributed by atoms with Crippen LogP contribution in [0.25, 0.3) is 0 Å². The Hall–Kier alpha value is -2.06.